The van der Waals surface area contributed by atoms with Gasteiger partial charge in [-0.1, -0.05) is 0 Å². The van der Waals surface area contributed by atoms with Crippen LogP contribution < -0.4 is 5.32 Å². The van der Waals surface area contributed by atoms with Crippen molar-refractivity contribution >= 4 is 11.6 Å². The summed E-state index contributed by atoms with van der Waals surface area (Å²) in [5.41, 5.74) is 3.44. The lowest BCUT2D eigenvalue weighted by molar-refractivity contribution is -0.144. The quantitative estimate of drug-likeness (QED) is 0.353. The Morgan fingerprint density at radius 1 is 0.912 bits per heavy atom. The Bertz CT molecular complexity index is 1430. The Kier molecular flexibility index (Phi) is 5.24. The number of alkyl halides is 3. The van der Waals surface area contributed by atoms with E-state index in [1.165, 1.54) is 18.3 Å². The van der Waals surface area contributed by atoms with Gasteiger partial charge in [0.2, 0.25) is 5.95 Å². The molecule has 2 N–H and O–H groups in total. The lowest BCUT2D eigenvalue weighted by atomic mass is 10.0. The van der Waals surface area contributed by atoms with Crippen LogP contribution in [-0.2, 0) is 6.18 Å². The Hall–Kier alpha value is -4.61. The highest BCUT2D eigenvalue weighted by atomic mass is 19.4. The van der Waals surface area contributed by atoms with Crippen LogP contribution in [0, 0.1) is 5.82 Å². The first-order chi connectivity index (χ1) is 16.3. The van der Waals surface area contributed by atoms with Crippen molar-refractivity contribution in [2.75, 3.05) is 5.32 Å². The van der Waals surface area contributed by atoms with E-state index < -0.39 is 17.8 Å². The molecule has 34 heavy (non-hydrogen) atoms. The second-order valence-corrected chi connectivity index (χ2v) is 7.16. The van der Waals surface area contributed by atoms with E-state index in [1.807, 2.05) is 0 Å². The molecule has 0 aliphatic rings. The van der Waals surface area contributed by atoms with Gasteiger partial charge >= 0.3 is 6.18 Å². The van der Waals surface area contributed by atoms with Gasteiger partial charge in [-0.15, -0.1) is 5.10 Å². The molecule has 5 aromatic rings. The maximum atomic E-state index is 14.2. The van der Waals surface area contributed by atoms with Crippen molar-refractivity contribution in [2.24, 2.45) is 0 Å². The van der Waals surface area contributed by atoms with E-state index in [0.29, 0.717) is 28.2 Å². The molecule has 0 saturated heterocycles. The molecule has 8 nitrogen and oxygen atoms in total. The average Bonchev–Trinajstić information content (AvgIpc) is 3.52. The van der Waals surface area contributed by atoms with E-state index in [2.05, 4.69) is 35.6 Å². The molecule has 0 spiro atoms. The number of hydrogen-bond acceptors (Lipinski definition) is 6. The number of hydrogen-bond donors (Lipinski definition) is 2. The third-order valence-electron chi connectivity index (χ3n) is 4.81. The van der Waals surface area contributed by atoms with Crippen LogP contribution in [0.15, 0.2) is 73.4 Å². The first kappa shape index (κ1) is 21.2. The second kappa shape index (κ2) is 8.39. The predicted octanol–water partition coefficient (Wildman–Crippen LogP) is 5.02. The Labute approximate surface area is 189 Å². The Balaban J connectivity index is 1.36. The fourth-order valence-corrected chi connectivity index (χ4v) is 3.24. The lowest BCUT2D eigenvalue weighted by Gasteiger charge is -2.09. The molecule has 2 aromatic carbocycles. The number of rotatable bonds is 5. The molecule has 0 radical (unpaired) electrons. The minimum atomic E-state index is -4.62. The van der Waals surface area contributed by atoms with Crippen LogP contribution in [-0.4, -0.2) is 34.9 Å². The molecule has 0 bridgehead atoms. The van der Waals surface area contributed by atoms with Crippen LogP contribution in [0.2, 0.25) is 0 Å². The van der Waals surface area contributed by atoms with Crippen LogP contribution >= 0.6 is 0 Å². The van der Waals surface area contributed by atoms with Crippen LogP contribution in [0.3, 0.4) is 0 Å². The molecule has 0 unspecified atom stereocenters. The molecular formula is C22H14F4N8. The summed E-state index contributed by atoms with van der Waals surface area (Å²) in [6.45, 7) is 0. The van der Waals surface area contributed by atoms with Gasteiger partial charge in [0.1, 0.15) is 12.1 Å². The largest absolute Gasteiger partial charge is 0.453 e. The van der Waals surface area contributed by atoms with Gasteiger partial charge in [0, 0.05) is 29.2 Å². The number of anilines is 2. The Morgan fingerprint density at radius 3 is 2.41 bits per heavy atom. The minimum absolute atomic E-state index is 0.263. The average molecular weight is 466 g/mol. The summed E-state index contributed by atoms with van der Waals surface area (Å²) >= 11 is 0. The number of aromatic nitrogens is 7. The molecule has 3 heterocycles. The topological polar surface area (TPSA) is 97.2 Å². The summed E-state index contributed by atoms with van der Waals surface area (Å²) in [5, 5.41) is 13.1. The summed E-state index contributed by atoms with van der Waals surface area (Å²) < 4.78 is 53.4. The summed E-state index contributed by atoms with van der Waals surface area (Å²) in [6.07, 6.45) is 1.18. The summed E-state index contributed by atoms with van der Waals surface area (Å²) in [7, 11) is 0. The molecule has 3 aromatic heterocycles. The third kappa shape index (κ3) is 4.46. The molecule has 0 saturated carbocycles. The van der Waals surface area contributed by atoms with Crippen molar-refractivity contribution < 1.29 is 17.6 Å². The van der Waals surface area contributed by atoms with E-state index in [0.717, 1.165) is 16.6 Å². The van der Waals surface area contributed by atoms with Crippen LogP contribution in [0.1, 0.15) is 5.82 Å². The molecule has 0 amide bonds. The maximum absolute atomic E-state index is 14.2. The van der Waals surface area contributed by atoms with E-state index in [9.17, 15) is 17.6 Å². The fraction of sp³-hybridized carbons (Fsp3) is 0.0455. The molecule has 0 fully saturated rings. The molecular weight excluding hydrogens is 452 g/mol. The van der Waals surface area contributed by atoms with E-state index in [-0.39, 0.29) is 5.95 Å². The first-order valence-electron chi connectivity index (χ1n) is 9.85. The summed E-state index contributed by atoms with van der Waals surface area (Å²) in [6, 6.07) is 12.7. The van der Waals surface area contributed by atoms with Crippen molar-refractivity contribution in [1.82, 2.24) is 34.9 Å². The maximum Gasteiger partial charge on any atom is 0.453 e. The minimum Gasteiger partial charge on any atom is -0.324 e. The molecule has 5 rings (SSSR count). The van der Waals surface area contributed by atoms with Crippen LogP contribution in [0.4, 0.5) is 29.2 Å². The van der Waals surface area contributed by atoms with Gasteiger partial charge in [-0.3, -0.25) is 5.10 Å². The van der Waals surface area contributed by atoms with Gasteiger partial charge in [-0.05, 0) is 54.1 Å². The highest BCUT2D eigenvalue weighted by Crippen LogP contribution is 2.28. The van der Waals surface area contributed by atoms with Gasteiger partial charge in [-0.25, -0.2) is 24.0 Å². The van der Waals surface area contributed by atoms with E-state index >= 15 is 0 Å². The van der Waals surface area contributed by atoms with Gasteiger partial charge < -0.3 is 5.32 Å². The third-order valence-corrected chi connectivity index (χ3v) is 4.81. The number of nitrogens with zero attached hydrogens (tertiary/aromatic N) is 6. The van der Waals surface area contributed by atoms with Crippen molar-refractivity contribution in [2.45, 2.75) is 6.18 Å². The van der Waals surface area contributed by atoms with Crippen molar-refractivity contribution in [3.63, 3.8) is 0 Å². The summed E-state index contributed by atoms with van der Waals surface area (Å²) in [4.78, 5) is 11.9. The zero-order valence-corrected chi connectivity index (χ0v) is 17.1. The number of halogens is 4. The zero-order chi connectivity index (χ0) is 23.7. The zero-order valence-electron chi connectivity index (χ0n) is 17.1. The molecule has 0 aliphatic heterocycles. The van der Waals surface area contributed by atoms with Crippen LogP contribution in [0.25, 0.3) is 28.1 Å². The molecule has 0 atom stereocenters. The van der Waals surface area contributed by atoms with Crippen LogP contribution in [0.5, 0.6) is 0 Å². The molecule has 12 heteroatoms. The number of aromatic amines is 1. The van der Waals surface area contributed by atoms with E-state index in [4.69, 9.17) is 0 Å². The SMILES string of the molecule is Fc1cc(-c2cn[nH]c2)cc(-c2ccnc(Nc3ccc(-n4cnc(C(F)(F)F)n4)cc3)n2)c1. The van der Waals surface area contributed by atoms with Gasteiger partial charge in [0.15, 0.2) is 0 Å². The highest BCUT2D eigenvalue weighted by molar-refractivity contribution is 5.71. The smallest absolute Gasteiger partial charge is 0.324 e. The number of benzene rings is 2. The molecule has 0 aliphatic carbocycles. The highest BCUT2D eigenvalue weighted by Gasteiger charge is 2.35. The lowest BCUT2D eigenvalue weighted by Crippen LogP contribution is -2.08. The number of nitrogens with one attached hydrogen (secondary N) is 2. The van der Waals surface area contributed by atoms with Gasteiger partial charge in [0.25, 0.3) is 5.82 Å². The van der Waals surface area contributed by atoms with E-state index in [1.54, 1.807) is 48.8 Å². The summed E-state index contributed by atoms with van der Waals surface area (Å²) in [5.74, 6) is -1.37. The molecule has 170 valence electrons. The monoisotopic (exact) mass is 466 g/mol. The van der Waals surface area contributed by atoms with Crippen molar-refractivity contribution in [3.05, 3.63) is 85.1 Å². The van der Waals surface area contributed by atoms with Crippen molar-refractivity contribution in [3.8, 4) is 28.1 Å². The second-order valence-electron chi connectivity index (χ2n) is 7.16. The van der Waals surface area contributed by atoms with Crippen molar-refractivity contribution in [1.29, 1.82) is 0 Å². The van der Waals surface area contributed by atoms with Gasteiger partial charge in [-0.2, -0.15) is 18.3 Å². The predicted molar refractivity (Wildman–Crippen MR) is 115 cm³/mol. The number of H-pyrrole nitrogens is 1. The standard InChI is InChI=1S/C22H14F4N8/c23-16-8-13(15-10-29-30-11-15)7-14(9-16)19-5-6-27-21(32-19)31-17-1-3-18(4-2-17)34-12-28-20(33-34)22(24,25)26/h1-12H,(H,29,30)(H,27,31,32). The fourth-order valence-electron chi connectivity index (χ4n) is 3.24. The normalized spacial score (nSPS) is 11.5. The Morgan fingerprint density at radius 2 is 1.71 bits per heavy atom. The van der Waals surface area contributed by atoms with Gasteiger partial charge in [0.05, 0.1) is 17.6 Å². The first-order valence-corrected chi connectivity index (χ1v) is 9.85.